The molecule has 6 heteroatoms. The number of hydrogen-bond donors (Lipinski definition) is 2. The van der Waals surface area contributed by atoms with Gasteiger partial charge in [0, 0.05) is 27.5 Å². The fourth-order valence-corrected chi connectivity index (χ4v) is 3.27. The van der Waals surface area contributed by atoms with Gasteiger partial charge in [-0.1, -0.05) is 6.07 Å². The first-order chi connectivity index (χ1) is 10.2. The van der Waals surface area contributed by atoms with E-state index >= 15 is 0 Å². The van der Waals surface area contributed by atoms with Crippen LogP contribution in [0.25, 0.3) is 0 Å². The fourth-order valence-electron chi connectivity index (χ4n) is 2.07. The van der Waals surface area contributed by atoms with Gasteiger partial charge in [0.05, 0.1) is 5.69 Å². The number of anilines is 3. The molecule has 0 radical (unpaired) electrons. The van der Waals surface area contributed by atoms with Crippen molar-refractivity contribution < 1.29 is 0 Å². The molecule has 1 aromatic heterocycles. The highest BCUT2D eigenvalue weighted by Crippen LogP contribution is 2.39. The van der Waals surface area contributed by atoms with Gasteiger partial charge < -0.3 is 10.6 Å². The van der Waals surface area contributed by atoms with E-state index in [1.165, 1.54) is 12.8 Å². The highest BCUT2D eigenvalue weighted by Gasteiger charge is 2.27. The molecule has 0 unspecified atom stereocenters. The van der Waals surface area contributed by atoms with E-state index in [9.17, 15) is 0 Å². The topological polar surface area (TPSA) is 49.8 Å². The molecular formula is C15H16Br2N4. The summed E-state index contributed by atoms with van der Waals surface area (Å²) < 4.78 is 1.99. The normalized spacial score (nSPS) is 14.0. The molecule has 2 N–H and O–H groups in total. The molecule has 0 spiro atoms. The maximum absolute atomic E-state index is 4.65. The molecule has 1 fully saturated rings. The molecule has 3 rings (SSSR count). The number of nitrogens with one attached hydrogen (secondary N) is 2. The zero-order valence-electron chi connectivity index (χ0n) is 11.7. The number of hydrogen-bond acceptors (Lipinski definition) is 4. The Morgan fingerprint density at radius 3 is 2.43 bits per heavy atom. The zero-order chi connectivity index (χ0) is 14.8. The third-order valence-corrected chi connectivity index (χ3v) is 4.58. The van der Waals surface area contributed by atoms with Crippen LogP contribution in [0.2, 0.25) is 0 Å². The minimum absolute atomic E-state index is 0.520. The Labute approximate surface area is 141 Å². The van der Waals surface area contributed by atoms with Crippen molar-refractivity contribution in [3.63, 3.8) is 0 Å². The Balaban J connectivity index is 1.93. The molecule has 0 amide bonds. The van der Waals surface area contributed by atoms with Gasteiger partial charge in [-0.2, -0.15) is 0 Å². The lowest BCUT2D eigenvalue weighted by Gasteiger charge is -2.12. The average Bonchev–Trinajstić information content (AvgIpc) is 3.28. The van der Waals surface area contributed by atoms with Crippen molar-refractivity contribution in [2.45, 2.75) is 25.7 Å². The number of aromatic nitrogens is 2. The van der Waals surface area contributed by atoms with Crippen molar-refractivity contribution in [1.82, 2.24) is 9.97 Å². The van der Waals surface area contributed by atoms with E-state index in [4.69, 9.17) is 0 Å². The van der Waals surface area contributed by atoms with Crippen LogP contribution < -0.4 is 10.6 Å². The van der Waals surface area contributed by atoms with E-state index in [0.29, 0.717) is 5.92 Å². The standard InChI is InChI=1S/C15H16Br2N4/c1-2-18-12-8-13(21-15(20-12)9-6-7-9)19-14-10(16)4-3-5-11(14)17/h3-5,8-9H,2,6-7H2,1H3,(H2,18,19,20,21). The van der Waals surface area contributed by atoms with E-state index in [1.54, 1.807) is 0 Å². The Hall–Kier alpha value is -1.14. The van der Waals surface area contributed by atoms with E-state index in [0.717, 1.165) is 38.6 Å². The smallest absolute Gasteiger partial charge is 0.136 e. The lowest BCUT2D eigenvalue weighted by molar-refractivity contribution is 0.927. The SMILES string of the molecule is CCNc1cc(Nc2c(Br)cccc2Br)nc(C2CC2)n1. The number of nitrogens with zero attached hydrogens (tertiary/aromatic N) is 2. The van der Waals surface area contributed by atoms with Gasteiger partial charge in [0.1, 0.15) is 17.5 Å². The molecule has 0 saturated heterocycles. The third kappa shape index (κ3) is 3.55. The van der Waals surface area contributed by atoms with Crippen LogP contribution in [-0.2, 0) is 0 Å². The molecule has 4 nitrogen and oxygen atoms in total. The molecule has 0 atom stereocenters. The van der Waals surface area contributed by atoms with Gasteiger partial charge in [-0.25, -0.2) is 9.97 Å². The van der Waals surface area contributed by atoms with Crippen LogP contribution >= 0.6 is 31.9 Å². The molecule has 2 aromatic rings. The van der Waals surface area contributed by atoms with Crippen molar-refractivity contribution in [3.05, 3.63) is 39.0 Å². The molecule has 0 aliphatic heterocycles. The summed E-state index contributed by atoms with van der Waals surface area (Å²) in [6.07, 6.45) is 2.38. The first-order valence-corrected chi connectivity index (χ1v) is 8.60. The second kappa shape index (κ2) is 6.32. The molecule has 110 valence electrons. The molecule has 1 heterocycles. The quantitative estimate of drug-likeness (QED) is 0.722. The van der Waals surface area contributed by atoms with Gasteiger partial charge in [0.25, 0.3) is 0 Å². The maximum atomic E-state index is 4.65. The maximum Gasteiger partial charge on any atom is 0.136 e. The first-order valence-electron chi connectivity index (χ1n) is 7.01. The summed E-state index contributed by atoms with van der Waals surface area (Å²) in [5.74, 6) is 3.14. The van der Waals surface area contributed by atoms with Gasteiger partial charge in [-0.05, 0) is 63.8 Å². The van der Waals surface area contributed by atoms with E-state index in [-0.39, 0.29) is 0 Å². The Bertz CT molecular complexity index is 636. The summed E-state index contributed by atoms with van der Waals surface area (Å²) in [6.45, 7) is 2.91. The van der Waals surface area contributed by atoms with E-state index < -0.39 is 0 Å². The average molecular weight is 412 g/mol. The molecule has 21 heavy (non-hydrogen) atoms. The molecule has 0 bridgehead atoms. The predicted octanol–water partition coefficient (Wildman–Crippen LogP) is 5.05. The van der Waals surface area contributed by atoms with Gasteiger partial charge in [0.15, 0.2) is 0 Å². The molecule has 1 saturated carbocycles. The monoisotopic (exact) mass is 410 g/mol. The number of rotatable bonds is 5. The highest BCUT2D eigenvalue weighted by molar-refractivity contribution is 9.11. The summed E-state index contributed by atoms with van der Waals surface area (Å²) in [5.41, 5.74) is 0.973. The fraction of sp³-hybridized carbons (Fsp3) is 0.333. The van der Waals surface area contributed by atoms with Gasteiger partial charge in [-0.3, -0.25) is 0 Å². The summed E-state index contributed by atoms with van der Waals surface area (Å²) >= 11 is 7.12. The van der Waals surface area contributed by atoms with E-state index in [2.05, 4.69) is 59.4 Å². The summed E-state index contributed by atoms with van der Waals surface area (Å²) in [5, 5.41) is 6.65. The number of para-hydroxylation sites is 1. The first kappa shape index (κ1) is 14.8. The molecular weight excluding hydrogens is 396 g/mol. The van der Waals surface area contributed by atoms with Gasteiger partial charge in [-0.15, -0.1) is 0 Å². The van der Waals surface area contributed by atoms with E-state index in [1.807, 2.05) is 24.3 Å². The van der Waals surface area contributed by atoms with Crippen molar-refractivity contribution >= 4 is 49.2 Å². The van der Waals surface area contributed by atoms with Crippen molar-refractivity contribution in [1.29, 1.82) is 0 Å². The Morgan fingerprint density at radius 2 is 1.81 bits per heavy atom. The minimum atomic E-state index is 0.520. The van der Waals surface area contributed by atoms with Crippen LogP contribution in [-0.4, -0.2) is 16.5 Å². The van der Waals surface area contributed by atoms with Gasteiger partial charge >= 0.3 is 0 Å². The number of halogens is 2. The predicted molar refractivity (Wildman–Crippen MR) is 93.3 cm³/mol. The highest BCUT2D eigenvalue weighted by atomic mass is 79.9. The Morgan fingerprint density at radius 1 is 1.14 bits per heavy atom. The minimum Gasteiger partial charge on any atom is -0.370 e. The lowest BCUT2D eigenvalue weighted by atomic mass is 10.3. The van der Waals surface area contributed by atoms with Crippen LogP contribution in [0.4, 0.5) is 17.3 Å². The molecule has 1 aliphatic rings. The van der Waals surface area contributed by atoms with Crippen molar-refractivity contribution in [2.24, 2.45) is 0 Å². The lowest BCUT2D eigenvalue weighted by Crippen LogP contribution is -2.06. The summed E-state index contributed by atoms with van der Waals surface area (Å²) in [4.78, 5) is 9.24. The second-order valence-corrected chi connectivity index (χ2v) is 6.73. The zero-order valence-corrected chi connectivity index (χ0v) is 14.8. The van der Waals surface area contributed by atoms with Crippen LogP contribution in [0.1, 0.15) is 31.5 Å². The van der Waals surface area contributed by atoms with Gasteiger partial charge in [0.2, 0.25) is 0 Å². The van der Waals surface area contributed by atoms with Crippen LogP contribution in [0.5, 0.6) is 0 Å². The van der Waals surface area contributed by atoms with Crippen molar-refractivity contribution in [2.75, 3.05) is 17.2 Å². The Kier molecular flexibility index (Phi) is 4.45. The summed E-state index contributed by atoms with van der Waals surface area (Å²) in [7, 11) is 0. The van der Waals surface area contributed by atoms with Crippen LogP contribution in [0.3, 0.4) is 0 Å². The molecule has 1 aliphatic carbocycles. The van der Waals surface area contributed by atoms with Crippen LogP contribution in [0, 0.1) is 0 Å². The second-order valence-electron chi connectivity index (χ2n) is 5.02. The third-order valence-electron chi connectivity index (χ3n) is 3.26. The summed E-state index contributed by atoms with van der Waals surface area (Å²) in [6, 6.07) is 7.93. The van der Waals surface area contributed by atoms with Crippen molar-refractivity contribution in [3.8, 4) is 0 Å². The molecule has 1 aromatic carbocycles. The van der Waals surface area contributed by atoms with Crippen LogP contribution in [0.15, 0.2) is 33.2 Å². The largest absolute Gasteiger partial charge is 0.370 e. The number of benzene rings is 1.